The van der Waals surface area contributed by atoms with E-state index in [0.717, 1.165) is 6.07 Å². The van der Waals surface area contributed by atoms with Gasteiger partial charge in [0, 0.05) is 11.1 Å². The Labute approximate surface area is 105 Å². The molecular formula is C12H9F3O2S. The predicted molar refractivity (Wildman–Crippen MR) is 62.8 cm³/mol. The lowest BCUT2D eigenvalue weighted by Gasteiger charge is -2.01. The second-order valence-electron chi connectivity index (χ2n) is 3.83. The van der Waals surface area contributed by atoms with Crippen LogP contribution in [-0.4, -0.2) is 11.1 Å². The minimum Gasteiger partial charge on any atom is -0.481 e. The Kier molecular flexibility index (Phi) is 3.30. The van der Waals surface area contributed by atoms with Crippen molar-refractivity contribution in [3.05, 3.63) is 34.7 Å². The van der Waals surface area contributed by atoms with Gasteiger partial charge in [0.25, 0.3) is 0 Å². The lowest BCUT2D eigenvalue weighted by Crippen LogP contribution is -2.00. The van der Waals surface area contributed by atoms with Gasteiger partial charge in [0.2, 0.25) is 0 Å². The SMILES string of the molecule is O=C(O)CCc1cccc2sc(C(F)(F)F)cc12. The van der Waals surface area contributed by atoms with Gasteiger partial charge >= 0.3 is 12.1 Å². The smallest absolute Gasteiger partial charge is 0.425 e. The van der Waals surface area contributed by atoms with Crippen LogP contribution in [0.25, 0.3) is 10.1 Å². The van der Waals surface area contributed by atoms with E-state index in [2.05, 4.69) is 0 Å². The highest BCUT2D eigenvalue weighted by Gasteiger charge is 2.32. The van der Waals surface area contributed by atoms with Crippen LogP contribution in [0.15, 0.2) is 24.3 Å². The van der Waals surface area contributed by atoms with Gasteiger partial charge in [0.05, 0.1) is 0 Å². The van der Waals surface area contributed by atoms with Crippen LogP contribution >= 0.6 is 11.3 Å². The van der Waals surface area contributed by atoms with Crippen LogP contribution in [0.1, 0.15) is 16.9 Å². The number of rotatable bonds is 3. The standard InChI is InChI=1S/C12H9F3O2S/c13-12(14,15)10-6-8-7(4-5-11(16)17)2-1-3-9(8)18-10/h1-3,6H,4-5H2,(H,16,17). The molecule has 6 heteroatoms. The Morgan fingerprint density at radius 3 is 2.67 bits per heavy atom. The van der Waals surface area contributed by atoms with E-state index in [0.29, 0.717) is 27.0 Å². The molecule has 0 amide bonds. The van der Waals surface area contributed by atoms with E-state index in [1.54, 1.807) is 18.2 Å². The third-order valence-electron chi connectivity index (χ3n) is 2.54. The quantitative estimate of drug-likeness (QED) is 0.920. The average Bonchev–Trinajstić information content (AvgIpc) is 2.69. The second kappa shape index (κ2) is 4.61. The zero-order valence-corrected chi connectivity index (χ0v) is 9.94. The number of carboxylic acid groups (broad SMARTS) is 1. The highest BCUT2D eigenvalue weighted by atomic mass is 32.1. The molecule has 0 spiro atoms. The summed E-state index contributed by atoms with van der Waals surface area (Å²) in [4.78, 5) is 9.84. The number of halogens is 3. The van der Waals surface area contributed by atoms with Crippen molar-refractivity contribution in [1.29, 1.82) is 0 Å². The first-order valence-electron chi connectivity index (χ1n) is 5.18. The van der Waals surface area contributed by atoms with E-state index >= 15 is 0 Å². The van der Waals surface area contributed by atoms with E-state index in [4.69, 9.17) is 5.11 Å². The summed E-state index contributed by atoms with van der Waals surface area (Å²) in [6.45, 7) is 0. The molecule has 2 rings (SSSR count). The maximum atomic E-state index is 12.6. The fourth-order valence-electron chi connectivity index (χ4n) is 1.72. The second-order valence-corrected chi connectivity index (χ2v) is 4.91. The van der Waals surface area contributed by atoms with Crippen molar-refractivity contribution in [2.75, 3.05) is 0 Å². The number of hydrogen-bond donors (Lipinski definition) is 1. The summed E-state index contributed by atoms with van der Waals surface area (Å²) >= 11 is 0.680. The van der Waals surface area contributed by atoms with Crippen LogP contribution in [0.2, 0.25) is 0 Å². The number of thiophene rings is 1. The molecule has 0 aliphatic carbocycles. The Hall–Kier alpha value is -1.56. The van der Waals surface area contributed by atoms with Crippen LogP contribution in [-0.2, 0) is 17.4 Å². The molecule has 0 bridgehead atoms. The highest BCUT2D eigenvalue weighted by molar-refractivity contribution is 7.19. The molecule has 0 aliphatic heterocycles. The van der Waals surface area contributed by atoms with Gasteiger partial charge in [-0.25, -0.2) is 0 Å². The van der Waals surface area contributed by atoms with Crippen LogP contribution in [0.3, 0.4) is 0 Å². The Bertz CT molecular complexity index is 587. The number of hydrogen-bond acceptors (Lipinski definition) is 2. The van der Waals surface area contributed by atoms with Crippen LogP contribution in [0.5, 0.6) is 0 Å². The van der Waals surface area contributed by atoms with Crippen molar-refractivity contribution in [2.24, 2.45) is 0 Å². The summed E-state index contributed by atoms with van der Waals surface area (Å²) in [5, 5.41) is 9.10. The third kappa shape index (κ3) is 2.64. The van der Waals surface area contributed by atoms with Crippen molar-refractivity contribution >= 4 is 27.4 Å². The van der Waals surface area contributed by atoms with Crippen LogP contribution in [0.4, 0.5) is 13.2 Å². The molecule has 0 saturated carbocycles. The third-order valence-corrected chi connectivity index (χ3v) is 3.68. The van der Waals surface area contributed by atoms with Crippen LogP contribution < -0.4 is 0 Å². The van der Waals surface area contributed by atoms with Crippen LogP contribution in [0, 0.1) is 0 Å². The molecule has 1 N–H and O–H groups in total. The van der Waals surface area contributed by atoms with Gasteiger partial charge in [-0.15, -0.1) is 11.3 Å². The fraction of sp³-hybridized carbons (Fsp3) is 0.250. The first-order valence-corrected chi connectivity index (χ1v) is 6.00. The van der Waals surface area contributed by atoms with Gasteiger partial charge < -0.3 is 5.11 Å². The monoisotopic (exact) mass is 274 g/mol. The van der Waals surface area contributed by atoms with Crippen molar-refractivity contribution in [1.82, 2.24) is 0 Å². The van der Waals surface area contributed by atoms with E-state index < -0.39 is 17.0 Å². The Morgan fingerprint density at radius 2 is 2.06 bits per heavy atom. The topological polar surface area (TPSA) is 37.3 Å². The molecule has 0 unspecified atom stereocenters. The van der Waals surface area contributed by atoms with Gasteiger partial charge in [-0.2, -0.15) is 13.2 Å². The zero-order chi connectivity index (χ0) is 13.3. The summed E-state index contributed by atoms with van der Waals surface area (Å²) in [5.41, 5.74) is 0.640. The lowest BCUT2D eigenvalue weighted by atomic mass is 10.1. The summed E-state index contributed by atoms with van der Waals surface area (Å²) in [6, 6.07) is 6.02. The minimum absolute atomic E-state index is 0.0870. The summed E-state index contributed by atoms with van der Waals surface area (Å²) in [5.74, 6) is -0.960. The number of alkyl halides is 3. The van der Waals surface area contributed by atoms with Crippen molar-refractivity contribution in [2.45, 2.75) is 19.0 Å². The first-order chi connectivity index (χ1) is 8.38. The maximum Gasteiger partial charge on any atom is 0.425 e. The summed E-state index contributed by atoms with van der Waals surface area (Å²) in [7, 11) is 0. The van der Waals surface area contributed by atoms with Gasteiger partial charge in [0.15, 0.2) is 0 Å². The molecule has 2 nitrogen and oxygen atoms in total. The Balaban J connectivity index is 2.42. The van der Waals surface area contributed by atoms with E-state index in [-0.39, 0.29) is 12.8 Å². The number of aliphatic carboxylic acids is 1. The number of benzene rings is 1. The van der Waals surface area contributed by atoms with Gasteiger partial charge in [0.1, 0.15) is 4.88 Å². The molecule has 1 heterocycles. The average molecular weight is 274 g/mol. The summed E-state index contributed by atoms with van der Waals surface area (Å²) in [6.07, 6.45) is -4.20. The molecule has 1 aromatic heterocycles. The lowest BCUT2D eigenvalue weighted by molar-refractivity contribution is -0.137. The molecule has 96 valence electrons. The van der Waals surface area contributed by atoms with Gasteiger partial charge in [-0.3, -0.25) is 4.79 Å². The van der Waals surface area contributed by atoms with Crippen molar-refractivity contribution in [3.8, 4) is 0 Å². The normalized spacial score (nSPS) is 11.9. The first kappa shape index (κ1) is 12.9. The molecule has 0 fully saturated rings. The summed E-state index contributed by atoms with van der Waals surface area (Å²) < 4.78 is 38.3. The molecule has 18 heavy (non-hydrogen) atoms. The van der Waals surface area contributed by atoms with E-state index in [1.807, 2.05) is 0 Å². The van der Waals surface area contributed by atoms with Gasteiger partial charge in [-0.1, -0.05) is 12.1 Å². The number of fused-ring (bicyclic) bond motifs is 1. The molecule has 2 aromatic rings. The molecule has 0 atom stereocenters. The maximum absolute atomic E-state index is 12.6. The van der Waals surface area contributed by atoms with Gasteiger partial charge in [-0.05, 0) is 29.5 Å². The Morgan fingerprint density at radius 1 is 1.33 bits per heavy atom. The zero-order valence-electron chi connectivity index (χ0n) is 9.12. The molecule has 0 radical (unpaired) electrons. The van der Waals surface area contributed by atoms with Crippen molar-refractivity contribution < 1.29 is 23.1 Å². The fourth-order valence-corrected chi connectivity index (χ4v) is 2.70. The number of aryl methyl sites for hydroxylation is 1. The largest absolute Gasteiger partial charge is 0.481 e. The predicted octanol–water partition coefficient (Wildman–Crippen LogP) is 3.94. The van der Waals surface area contributed by atoms with E-state index in [9.17, 15) is 18.0 Å². The molecule has 0 saturated heterocycles. The molecule has 0 aliphatic rings. The number of carbonyl (C=O) groups is 1. The van der Waals surface area contributed by atoms with E-state index in [1.165, 1.54) is 0 Å². The number of carboxylic acids is 1. The highest BCUT2D eigenvalue weighted by Crippen LogP contribution is 2.39. The molecule has 1 aromatic carbocycles. The minimum atomic E-state index is -4.35. The molecular weight excluding hydrogens is 265 g/mol. The van der Waals surface area contributed by atoms with Crippen molar-refractivity contribution in [3.63, 3.8) is 0 Å².